The molecular weight excluding hydrogens is 296 g/mol. The first-order chi connectivity index (χ1) is 10.5. The molecule has 0 aliphatic carbocycles. The van der Waals surface area contributed by atoms with E-state index in [1.165, 1.54) is 32.4 Å². The van der Waals surface area contributed by atoms with Crippen LogP contribution in [0.1, 0.15) is 30.6 Å². The summed E-state index contributed by atoms with van der Waals surface area (Å²) in [6.07, 6.45) is -0.838. The van der Waals surface area contributed by atoms with Crippen molar-refractivity contribution in [3.05, 3.63) is 23.8 Å². The molecule has 22 heavy (non-hydrogen) atoms. The lowest BCUT2D eigenvalue weighted by Crippen LogP contribution is -2.17. The lowest BCUT2D eigenvalue weighted by atomic mass is 10.2. The van der Waals surface area contributed by atoms with Crippen molar-refractivity contribution in [3.8, 4) is 11.5 Å². The van der Waals surface area contributed by atoms with Crippen molar-refractivity contribution in [1.82, 2.24) is 0 Å². The van der Waals surface area contributed by atoms with Gasteiger partial charge in [0, 0.05) is 6.07 Å². The van der Waals surface area contributed by atoms with Gasteiger partial charge < -0.3 is 14.2 Å². The van der Waals surface area contributed by atoms with E-state index in [-0.39, 0.29) is 17.4 Å². The van der Waals surface area contributed by atoms with E-state index >= 15 is 0 Å². The van der Waals surface area contributed by atoms with Crippen LogP contribution in [0.15, 0.2) is 18.2 Å². The van der Waals surface area contributed by atoms with E-state index in [4.69, 9.17) is 14.2 Å². The van der Waals surface area contributed by atoms with E-state index in [0.29, 0.717) is 12.2 Å². The molecule has 1 aromatic rings. The van der Waals surface area contributed by atoms with Gasteiger partial charge in [-0.2, -0.15) is 0 Å². The smallest absolute Gasteiger partial charge is 0.497 e. The van der Waals surface area contributed by atoms with Crippen LogP contribution in [0.3, 0.4) is 0 Å². The number of hydrogen-bond donors (Lipinski definition) is 0. The molecule has 0 amide bonds. The van der Waals surface area contributed by atoms with Gasteiger partial charge in [0.25, 0.3) is 0 Å². The average Bonchev–Trinajstić information content (AvgIpc) is 2.53. The van der Waals surface area contributed by atoms with Crippen LogP contribution in [0.4, 0.5) is 4.79 Å². The second-order valence-corrected chi connectivity index (χ2v) is 4.18. The summed E-state index contributed by atoms with van der Waals surface area (Å²) in [4.78, 5) is 31.4. The normalized spacial score (nSPS) is 11.3. The summed E-state index contributed by atoms with van der Waals surface area (Å²) >= 11 is 0. The first kappa shape index (κ1) is 17.6. The highest BCUT2D eigenvalue weighted by Crippen LogP contribution is 2.25. The van der Waals surface area contributed by atoms with E-state index in [1.54, 1.807) is 6.92 Å². The first-order valence-corrected chi connectivity index (χ1v) is 6.50. The van der Waals surface area contributed by atoms with Crippen LogP contribution in [0.2, 0.25) is 0 Å². The Hall–Kier alpha value is -2.48. The average molecular weight is 314 g/mol. The molecule has 122 valence electrons. The number of ether oxygens (including phenoxy) is 3. The van der Waals surface area contributed by atoms with E-state index in [9.17, 15) is 9.59 Å². The van der Waals surface area contributed by atoms with Crippen molar-refractivity contribution in [3.63, 3.8) is 0 Å². The van der Waals surface area contributed by atoms with E-state index in [1.807, 2.05) is 6.92 Å². The lowest BCUT2D eigenvalue weighted by molar-refractivity contribution is -0.452. The highest BCUT2D eigenvalue weighted by molar-refractivity contribution is 5.92. The molecule has 8 nitrogen and oxygen atoms in total. The van der Waals surface area contributed by atoms with Gasteiger partial charge in [-0.15, -0.1) is 0 Å². The molecule has 0 aliphatic rings. The van der Waals surface area contributed by atoms with Gasteiger partial charge in [-0.3, -0.25) is 4.89 Å². The molecule has 0 aliphatic heterocycles. The second-order valence-electron chi connectivity index (χ2n) is 4.18. The van der Waals surface area contributed by atoms with Crippen LogP contribution in [0.25, 0.3) is 0 Å². The van der Waals surface area contributed by atoms with Crippen molar-refractivity contribution in [1.29, 1.82) is 0 Å². The van der Waals surface area contributed by atoms with Gasteiger partial charge in [-0.1, -0.05) is 6.92 Å². The number of rotatable bonds is 7. The molecule has 1 aromatic carbocycles. The van der Waals surface area contributed by atoms with Crippen molar-refractivity contribution < 1.29 is 38.6 Å². The van der Waals surface area contributed by atoms with E-state index in [0.717, 1.165) is 0 Å². The van der Waals surface area contributed by atoms with Crippen molar-refractivity contribution in [2.24, 2.45) is 0 Å². The standard InChI is InChI=1S/C14H18O8/c1-5-9(2)19-14(16)21-22-20-13(15)11-7-6-10(17-3)8-12(11)18-4/h6-9H,5H2,1-4H3. The molecule has 1 atom stereocenters. The maximum absolute atomic E-state index is 11.8. The molecule has 0 spiro atoms. The summed E-state index contributed by atoms with van der Waals surface area (Å²) in [6, 6.07) is 4.45. The number of carbonyl (C=O) groups excluding carboxylic acids is 2. The van der Waals surface area contributed by atoms with Crippen LogP contribution < -0.4 is 9.47 Å². The highest BCUT2D eigenvalue weighted by Gasteiger charge is 2.18. The zero-order valence-electron chi connectivity index (χ0n) is 12.8. The zero-order valence-corrected chi connectivity index (χ0v) is 12.8. The highest BCUT2D eigenvalue weighted by atomic mass is 17.5. The Kier molecular flexibility index (Phi) is 6.97. The largest absolute Gasteiger partial charge is 0.543 e. The summed E-state index contributed by atoms with van der Waals surface area (Å²) in [5.74, 6) is -0.186. The molecular formula is C14H18O8. The molecule has 0 saturated carbocycles. The molecule has 0 N–H and O–H groups in total. The SMILES string of the molecule is CCC(C)OC(=O)OOOC(=O)c1ccc(OC)cc1OC. The van der Waals surface area contributed by atoms with Crippen molar-refractivity contribution >= 4 is 12.1 Å². The van der Waals surface area contributed by atoms with Crippen molar-refractivity contribution in [2.45, 2.75) is 26.4 Å². The molecule has 8 heteroatoms. The van der Waals surface area contributed by atoms with Gasteiger partial charge in [-0.05, 0) is 25.5 Å². The fraction of sp³-hybridized carbons (Fsp3) is 0.429. The maximum atomic E-state index is 11.8. The zero-order chi connectivity index (χ0) is 16.5. The summed E-state index contributed by atoms with van der Waals surface area (Å²) < 4.78 is 14.8. The topological polar surface area (TPSA) is 89.5 Å². The Bertz CT molecular complexity index is 514. The molecule has 0 radical (unpaired) electrons. The summed E-state index contributed by atoms with van der Waals surface area (Å²) in [5.41, 5.74) is 0.0715. The predicted octanol–water partition coefficient (Wildman–Crippen LogP) is 2.66. The number of benzene rings is 1. The third-order valence-electron chi connectivity index (χ3n) is 2.71. The van der Waals surface area contributed by atoms with Crippen LogP contribution >= 0.6 is 0 Å². The van der Waals surface area contributed by atoms with Gasteiger partial charge in [0.15, 0.2) is 0 Å². The maximum Gasteiger partial charge on any atom is 0.543 e. The van der Waals surface area contributed by atoms with Crippen LogP contribution in [-0.2, 0) is 19.6 Å². The van der Waals surface area contributed by atoms with E-state index < -0.39 is 12.1 Å². The van der Waals surface area contributed by atoms with Crippen LogP contribution in [0.5, 0.6) is 11.5 Å². The van der Waals surface area contributed by atoms with Crippen LogP contribution in [0, 0.1) is 0 Å². The predicted molar refractivity (Wildman–Crippen MR) is 73.4 cm³/mol. The van der Waals surface area contributed by atoms with Gasteiger partial charge in [-0.25, -0.2) is 14.5 Å². The minimum atomic E-state index is -1.11. The third-order valence-corrected chi connectivity index (χ3v) is 2.71. The van der Waals surface area contributed by atoms with Gasteiger partial charge >= 0.3 is 12.1 Å². The summed E-state index contributed by atoms with van der Waals surface area (Å²) in [6.45, 7) is 3.50. The molecule has 0 heterocycles. The molecule has 0 aromatic heterocycles. The molecule has 0 saturated heterocycles. The second kappa shape index (κ2) is 8.73. The Morgan fingerprint density at radius 3 is 2.45 bits per heavy atom. The Morgan fingerprint density at radius 2 is 1.86 bits per heavy atom. The van der Waals surface area contributed by atoms with E-state index in [2.05, 4.69) is 14.8 Å². The number of hydrogen-bond acceptors (Lipinski definition) is 8. The van der Waals surface area contributed by atoms with Gasteiger partial charge in [0.2, 0.25) is 0 Å². The monoisotopic (exact) mass is 314 g/mol. The fourth-order valence-corrected chi connectivity index (χ4v) is 1.35. The quantitative estimate of drug-likeness (QED) is 0.431. The minimum absolute atomic E-state index is 0.0715. The van der Waals surface area contributed by atoms with Crippen molar-refractivity contribution in [2.75, 3.05) is 14.2 Å². The summed E-state index contributed by atoms with van der Waals surface area (Å²) in [5, 5.41) is 4.10. The fourth-order valence-electron chi connectivity index (χ4n) is 1.35. The Balaban J connectivity index is 2.54. The Labute approximate surface area is 127 Å². The third kappa shape index (κ3) is 5.13. The Morgan fingerprint density at radius 1 is 1.14 bits per heavy atom. The molecule has 0 bridgehead atoms. The minimum Gasteiger partial charge on any atom is -0.497 e. The van der Waals surface area contributed by atoms with Crippen LogP contribution in [-0.4, -0.2) is 32.4 Å². The number of carbonyl (C=O) groups is 2. The lowest BCUT2D eigenvalue weighted by Gasteiger charge is -2.10. The molecule has 1 rings (SSSR count). The molecule has 1 unspecified atom stereocenters. The molecule has 0 fully saturated rings. The first-order valence-electron chi connectivity index (χ1n) is 6.50. The summed E-state index contributed by atoms with van der Waals surface area (Å²) in [7, 11) is 2.86. The van der Waals surface area contributed by atoms with Gasteiger partial charge in [0.1, 0.15) is 23.2 Å². The van der Waals surface area contributed by atoms with Gasteiger partial charge in [0.05, 0.1) is 19.3 Å². The number of methoxy groups -OCH3 is 2.